The first-order valence-corrected chi connectivity index (χ1v) is 5.46. The molecule has 0 aliphatic carbocycles. The molecule has 1 aromatic rings. The van der Waals surface area contributed by atoms with E-state index in [4.69, 9.17) is 10.2 Å². The molecule has 0 bridgehead atoms. The Morgan fingerprint density at radius 2 is 1.53 bits per heavy atom. The first-order chi connectivity index (χ1) is 7.91. The highest BCUT2D eigenvalue weighted by atomic mass is 16.4. The van der Waals surface area contributed by atoms with Crippen LogP contribution >= 0.6 is 0 Å². The van der Waals surface area contributed by atoms with Crippen LogP contribution < -0.4 is 0 Å². The Morgan fingerprint density at radius 1 is 1.06 bits per heavy atom. The van der Waals surface area contributed by atoms with E-state index in [1.165, 1.54) is 0 Å². The quantitative estimate of drug-likeness (QED) is 0.768. The van der Waals surface area contributed by atoms with Gasteiger partial charge in [-0.2, -0.15) is 0 Å². The van der Waals surface area contributed by atoms with Crippen molar-refractivity contribution in [2.75, 3.05) is 0 Å². The third kappa shape index (κ3) is 3.59. The second kappa shape index (κ2) is 5.48. The van der Waals surface area contributed by atoms with Crippen molar-refractivity contribution in [3.8, 4) is 0 Å². The first-order valence-electron chi connectivity index (χ1n) is 5.46. The van der Waals surface area contributed by atoms with Crippen LogP contribution in [0.3, 0.4) is 0 Å². The lowest BCUT2D eigenvalue weighted by Crippen LogP contribution is -2.25. The van der Waals surface area contributed by atoms with Crippen molar-refractivity contribution in [3.63, 3.8) is 0 Å². The minimum Gasteiger partial charge on any atom is -0.481 e. The Hall–Kier alpha value is -1.84. The molecule has 1 rings (SSSR count). The van der Waals surface area contributed by atoms with E-state index in [0.717, 1.165) is 11.1 Å². The van der Waals surface area contributed by atoms with Gasteiger partial charge < -0.3 is 10.2 Å². The minimum atomic E-state index is -1.38. The summed E-state index contributed by atoms with van der Waals surface area (Å²) in [7, 11) is 0. The summed E-state index contributed by atoms with van der Waals surface area (Å²) in [6.45, 7) is 4.12. The summed E-state index contributed by atoms with van der Waals surface area (Å²) in [5.41, 5.74) is 1.88. The smallest absolute Gasteiger partial charge is 0.318 e. The number of benzene rings is 1. The van der Waals surface area contributed by atoms with Crippen LogP contribution in [0.1, 0.15) is 30.9 Å². The summed E-state index contributed by atoms with van der Waals surface area (Å²) < 4.78 is 0. The Bertz CT molecular complexity index is 392. The van der Waals surface area contributed by atoms with Gasteiger partial charge in [-0.25, -0.2) is 0 Å². The maximum Gasteiger partial charge on any atom is 0.318 e. The van der Waals surface area contributed by atoms with E-state index in [-0.39, 0.29) is 6.42 Å². The third-order valence-corrected chi connectivity index (χ3v) is 2.68. The summed E-state index contributed by atoms with van der Waals surface area (Å²) in [5, 5.41) is 17.5. The molecule has 17 heavy (non-hydrogen) atoms. The minimum absolute atomic E-state index is 0.0169. The first kappa shape index (κ1) is 13.2. The second-order valence-electron chi connectivity index (χ2n) is 4.33. The fourth-order valence-corrected chi connectivity index (χ4v) is 1.55. The van der Waals surface area contributed by atoms with Crippen LogP contribution in [0, 0.1) is 5.92 Å². The molecule has 0 aliphatic heterocycles. The molecular weight excluding hydrogens is 220 g/mol. The fourth-order valence-electron chi connectivity index (χ4n) is 1.55. The summed E-state index contributed by atoms with van der Waals surface area (Å²) >= 11 is 0. The van der Waals surface area contributed by atoms with Crippen molar-refractivity contribution in [2.45, 2.75) is 26.2 Å². The summed E-state index contributed by atoms with van der Waals surface area (Å²) in [4.78, 5) is 21.5. The zero-order valence-corrected chi connectivity index (χ0v) is 9.88. The summed E-state index contributed by atoms with van der Waals surface area (Å²) in [6.07, 6.45) is 0.0169. The van der Waals surface area contributed by atoms with E-state index in [0.29, 0.717) is 5.92 Å². The Morgan fingerprint density at radius 3 is 1.88 bits per heavy atom. The number of hydrogen-bond acceptors (Lipinski definition) is 2. The van der Waals surface area contributed by atoms with Crippen LogP contribution in [0.15, 0.2) is 24.3 Å². The zero-order valence-electron chi connectivity index (χ0n) is 9.88. The molecule has 4 nitrogen and oxygen atoms in total. The molecule has 0 radical (unpaired) electrons. The number of carboxylic acids is 2. The number of rotatable bonds is 5. The van der Waals surface area contributed by atoms with E-state index in [1.54, 1.807) is 12.1 Å². The van der Waals surface area contributed by atoms with Crippen LogP contribution in [-0.4, -0.2) is 22.2 Å². The fraction of sp³-hybridized carbons (Fsp3) is 0.385. The molecule has 0 heterocycles. The topological polar surface area (TPSA) is 74.6 Å². The lowest BCUT2D eigenvalue weighted by Gasteiger charge is -2.09. The lowest BCUT2D eigenvalue weighted by molar-refractivity contribution is -0.154. The van der Waals surface area contributed by atoms with E-state index in [2.05, 4.69) is 13.8 Å². The second-order valence-corrected chi connectivity index (χ2v) is 4.33. The normalized spacial score (nSPS) is 10.8. The van der Waals surface area contributed by atoms with Crippen LogP contribution in [-0.2, 0) is 16.0 Å². The molecule has 0 saturated heterocycles. The molecule has 1 aromatic carbocycles. The van der Waals surface area contributed by atoms with Gasteiger partial charge in [0.05, 0.1) is 0 Å². The molecule has 2 N–H and O–H groups in total. The van der Waals surface area contributed by atoms with Gasteiger partial charge in [0.25, 0.3) is 0 Å². The van der Waals surface area contributed by atoms with Crippen LogP contribution in [0.2, 0.25) is 0 Å². The predicted molar refractivity (Wildman–Crippen MR) is 63.0 cm³/mol. The number of carbonyl (C=O) groups is 2. The summed E-state index contributed by atoms with van der Waals surface area (Å²) in [6, 6.07) is 7.38. The van der Waals surface area contributed by atoms with Crippen LogP contribution in [0.25, 0.3) is 0 Å². The van der Waals surface area contributed by atoms with Gasteiger partial charge in [-0.3, -0.25) is 9.59 Å². The van der Waals surface area contributed by atoms with Crippen molar-refractivity contribution in [2.24, 2.45) is 5.92 Å². The van der Waals surface area contributed by atoms with Gasteiger partial charge in [-0.1, -0.05) is 38.1 Å². The molecule has 0 spiro atoms. The number of hydrogen-bond donors (Lipinski definition) is 2. The molecule has 0 unspecified atom stereocenters. The highest BCUT2D eigenvalue weighted by molar-refractivity contribution is 5.93. The van der Waals surface area contributed by atoms with Crippen molar-refractivity contribution in [1.82, 2.24) is 0 Å². The monoisotopic (exact) mass is 236 g/mol. The Labute approximate surface area is 99.9 Å². The van der Waals surface area contributed by atoms with Crippen molar-refractivity contribution >= 4 is 11.9 Å². The van der Waals surface area contributed by atoms with Crippen molar-refractivity contribution in [3.05, 3.63) is 35.4 Å². The number of carboxylic acid groups (broad SMARTS) is 2. The molecule has 0 saturated carbocycles. The van der Waals surface area contributed by atoms with Gasteiger partial charge >= 0.3 is 11.9 Å². The molecular formula is C13H16O4. The zero-order chi connectivity index (χ0) is 13.0. The molecule has 0 fully saturated rings. The molecule has 0 amide bonds. The number of aliphatic carboxylic acids is 2. The van der Waals surface area contributed by atoms with Crippen LogP contribution in [0.4, 0.5) is 0 Å². The highest BCUT2D eigenvalue weighted by Crippen LogP contribution is 2.16. The highest BCUT2D eigenvalue weighted by Gasteiger charge is 2.25. The van der Waals surface area contributed by atoms with Gasteiger partial charge in [0.1, 0.15) is 0 Å². The average Bonchev–Trinajstić information content (AvgIpc) is 2.25. The molecule has 0 aliphatic rings. The van der Waals surface area contributed by atoms with Gasteiger partial charge in [-0.15, -0.1) is 0 Å². The standard InChI is InChI=1S/C13H16O4/c1-8(2)10-5-3-9(4-6-10)7-11(12(14)15)13(16)17/h3-6,8,11H,7H2,1-2H3,(H,14,15)(H,16,17). The van der Waals surface area contributed by atoms with Gasteiger partial charge in [0.2, 0.25) is 0 Å². The molecule has 92 valence electrons. The Kier molecular flexibility index (Phi) is 4.26. The van der Waals surface area contributed by atoms with E-state index >= 15 is 0 Å². The summed E-state index contributed by atoms with van der Waals surface area (Å²) in [5.74, 6) is -3.57. The Balaban J connectivity index is 2.80. The molecule has 0 atom stereocenters. The SMILES string of the molecule is CC(C)c1ccc(CC(C(=O)O)C(=O)O)cc1. The average molecular weight is 236 g/mol. The van der Waals surface area contributed by atoms with Gasteiger partial charge in [0, 0.05) is 0 Å². The van der Waals surface area contributed by atoms with Crippen LogP contribution in [0.5, 0.6) is 0 Å². The van der Waals surface area contributed by atoms with Gasteiger partial charge in [0.15, 0.2) is 5.92 Å². The molecule has 0 aromatic heterocycles. The van der Waals surface area contributed by atoms with Gasteiger partial charge in [-0.05, 0) is 23.5 Å². The van der Waals surface area contributed by atoms with E-state index < -0.39 is 17.9 Å². The maximum atomic E-state index is 10.7. The largest absolute Gasteiger partial charge is 0.481 e. The van der Waals surface area contributed by atoms with E-state index in [9.17, 15) is 9.59 Å². The molecule has 4 heteroatoms. The van der Waals surface area contributed by atoms with Crippen molar-refractivity contribution in [1.29, 1.82) is 0 Å². The van der Waals surface area contributed by atoms with E-state index in [1.807, 2.05) is 12.1 Å². The van der Waals surface area contributed by atoms with Crippen molar-refractivity contribution < 1.29 is 19.8 Å². The predicted octanol–water partition coefficient (Wildman–Crippen LogP) is 2.14. The third-order valence-electron chi connectivity index (χ3n) is 2.68. The maximum absolute atomic E-state index is 10.7. The lowest BCUT2D eigenvalue weighted by atomic mass is 9.96.